The van der Waals surface area contributed by atoms with E-state index in [1.165, 1.54) is 25.1 Å². The summed E-state index contributed by atoms with van der Waals surface area (Å²) in [5.41, 5.74) is 0.208. The minimum atomic E-state index is -4.47. The maximum absolute atomic E-state index is 13.3. The lowest BCUT2D eigenvalue weighted by Gasteiger charge is -2.16. The van der Waals surface area contributed by atoms with E-state index in [9.17, 15) is 22.4 Å². The zero-order valence-electron chi connectivity index (χ0n) is 9.51. The lowest BCUT2D eigenvalue weighted by Crippen LogP contribution is -2.41. The highest BCUT2D eigenvalue weighted by Crippen LogP contribution is 2.16. The van der Waals surface area contributed by atoms with Gasteiger partial charge in [0.05, 0.1) is 6.04 Å². The molecule has 0 aliphatic rings. The van der Waals surface area contributed by atoms with E-state index in [-0.39, 0.29) is 5.56 Å². The summed E-state index contributed by atoms with van der Waals surface area (Å²) >= 11 is 0. The minimum absolute atomic E-state index is 0.208. The fraction of sp³-hybridized carbons (Fsp3) is 0.364. The quantitative estimate of drug-likeness (QED) is 0.810. The summed E-state index contributed by atoms with van der Waals surface area (Å²) < 4.78 is 48.8. The second-order valence-corrected chi connectivity index (χ2v) is 3.69. The van der Waals surface area contributed by atoms with Crippen LogP contribution in [0.15, 0.2) is 24.3 Å². The van der Waals surface area contributed by atoms with E-state index in [1.807, 2.05) is 0 Å². The van der Waals surface area contributed by atoms with E-state index in [0.717, 1.165) is 0 Å². The average Bonchev–Trinajstić information content (AvgIpc) is 2.26. The predicted molar refractivity (Wildman–Crippen MR) is 57.4 cm³/mol. The molecular formula is C11H12F4N2O. The van der Waals surface area contributed by atoms with Crippen LogP contribution < -0.4 is 10.6 Å². The molecule has 1 aromatic carbocycles. The number of amides is 2. The van der Waals surface area contributed by atoms with Crippen molar-refractivity contribution in [1.82, 2.24) is 10.6 Å². The Morgan fingerprint density at radius 3 is 2.50 bits per heavy atom. The van der Waals surface area contributed by atoms with E-state index >= 15 is 0 Å². The van der Waals surface area contributed by atoms with Crippen molar-refractivity contribution in [3.8, 4) is 0 Å². The average molecular weight is 264 g/mol. The lowest BCUT2D eigenvalue weighted by molar-refractivity contribution is -0.122. The van der Waals surface area contributed by atoms with Crippen molar-refractivity contribution < 1.29 is 22.4 Å². The molecule has 0 spiro atoms. The molecule has 0 aliphatic heterocycles. The molecule has 0 saturated heterocycles. The van der Waals surface area contributed by atoms with Crippen LogP contribution in [0.5, 0.6) is 0 Å². The van der Waals surface area contributed by atoms with Gasteiger partial charge in [-0.1, -0.05) is 18.2 Å². The van der Waals surface area contributed by atoms with E-state index in [0.29, 0.717) is 0 Å². The van der Waals surface area contributed by atoms with Gasteiger partial charge < -0.3 is 10.6 Å². The third-order valence-electron chi connectivity index (χ3n) is 2.17. The largest absolute Gasteiger partial charge is 0.405 e. The first-order valence-corrected chi connectivity index (χ1v) is 5.15. The van der Waals surface area contributed by atoms with Crippen LogP contribution in [0.25, 0.3) is 0 Å². The molecule has 0 heterocycles. The molecule has 1 atom stereocenters. The molecule has 0 aliphatic carbocycles. The summed E-state index contributed by atoms with van der Waals surface area (Å²) in [5, 5.41) is 3.86. The van der Waals surface area contributed by atoms with Gasteiger partial charge in [0, 0.05) is 5.56 Å². The van der Waals surface area contributed by atoms with Crippen LogP contribution in [0.4, 0.5) is 22.4 Å². The number of halogens is 4. The van der Waals surface area contributed by atoms with Crippen LogP contribution in [-0.2, 0) is 0 Å². The number of carbonyl (C=O) groups is 1. The predicted octanol–water partition coefficient (Wildman–Crippen LogP) is 2.75. The number of benzene rings is 1. The molecule has 7 heteroatoms. The number of carbonyl (C=O) groups excluding carboxylic acids is 1. The highest BCUT2D eigenvalue weighted by molar-refractivity contribution is 5.74. The zero-order valence-corrected chi connectivity index (χ0v) is 9.51. The Bertz CT molecular complexity index is 420. The molecule has 0 radical (unpaired) electrons. The third kappa shape index (κ3) is 4.60. The van der Waals surface area contributed by atoms with Crippen molar-refractivity contribution in [2.75, 3.05) is 6.54 Å². The number of hydrogen-bond donors (Lipinski definition) is 2. The minimum Gasteiger partial charge on any atom is -0.332 e. The van der Waals surface area contributed by atoms with Gasteiger partial charge in [-0.2, -0.15) is 13.2 Å². The molecule has 0 saturated carbocycles. The summed E-state index contributed by atoms with van der Waals surface area (Å²) in [6.07, 6.45) is -4.47. The highest BCUT2D eigenvalue weighted by atomic mass is 19.4. The topological polar surface area (TPSA) is 41.1 Å². The molecule has 1 aromatic rings. The van der Waals surface area contributed by atoms with Crippen molar-refractivity contribution in [3.63, 3.8) is 0 Å². The molecular weight excluding hydrogens is 252 g/mol. The highest BCUT2D eigenvalue weighted by Gasteiger charge is 2.28. The van der Waals surface area contributed by atoms with Crippen LogP contribution >= 0.6 is 0 Å². The molecule has 1 unspecified atom stereocenters. The van der Waals surface area contributed by atoms with Crippen molar-refractivity contribution in [2.45, 2.75) is 19.1 Å². The number of alkyl halides is 3. The van der Waals surface area contributed by atoms with Gasteiger partial charge in [0.2, 0.25) is 0 Å². The van der Waals surface area contributed by atoms with E-state index in [4.69, 9.17) is 0 Å². The Balaban J connectivity index is 2.53. The number of rotatable bonds is 3. The first-order valence-electron chi connectivity index (χ1n) is 5.15. The van der Waals surface area contributed by atoms with Gasteiger partial charge in [0.15, 0.2) is 0 Å². The van der Waals surface area contributed by atoms with Gasteiger partial charge in [0.25, 0.3) is 0 Å². The Morgan fingerprint density at radius 2 is 1.94 bits per heavy atom. The summed E-state index contributed by atoms with van der Waals surface area (Å²) in [7, 11) is 0. The van der Waals surface area contributed by atoms with Crippen LogP contribution in [0.3, 0.4) is 0 Å². The molecule has 0 aromatic heterocycles. The van der Waals surface area contributed by atoms with Gasteiger partial charge in [-0.3, -0.25) is 0 Å². The molecule has 1 rings (SSSR count). The van der Waals surface area contributed by atoms with Gasteiger partial charge >= 0.3 is 12.2 Å². The van der Waals surface area contributed by atoms with Gasteiger partial charge in [-0.05, 0) is 13.0 Å². The number of hydrogen-bond acceptors (Lipinski definition) is 1. The molecule has 100 valence electrons. The standard InChI is InChI=1S/C11H12F4N2O/c1-7(8-4-2-3-5-9(8)12)17-10(18)16-6-11(13,14)15/h2-5,7H,6H2,1H3,(H2,16,17,18). The van der Waals surface area contributed by atoms with E-state index in [1.54, 1.807) is 11.4 Å². The first-order chi connectivity index (χ1) is 8.29. The van der Waals surface area contributed by atoms with E-state index in [2.05, 4.69) is 5.32 Å². The Kier molecular flexibility index (Phi) is 4.52. The Hall–Kier alpha value is -1.79. The Labute approximate surface area is 101 Å². The molecule has 2 amide bonds. The van der Waals surface area contributed by atoms with E-state index < -0.39 is 30.6 Å². The Morgan fingerprint density at radius 1 is 1.33 bits per heavy atom. The van der Waals surface area contributed by atoms with Crippen molar-refractivity contribution >= 4 is 6.03 Å². The monoisotopic (exact) mass is 264 g/mol. The normalized spacial score (nSPS) is 12.9. The lowest BCUT2D eigenvalue weighted by atomic mass is 10.1. The van der Waals surface area contributed by atoms with Crippen LogP contribution in [-0.4, -0.2) is 18.8 Å². The molecule has 0 bridgehead atoms. The molecule has 0 fully saturated rings. The van der Waals surface area contributed by atoms with Gasteiger partial charge in [-0.25, -0.2) is 9.18 Å². The van der Waals surface area contributed by atoms with Gasteiger partial charge in [0.1, 0.15) is 12.4 Å². The summed E-state index contributed by atoms with van der Waals surface area (Å²) in [5.74, 6) is -0.527. The fourth-order valence-corrected chi connectivity index (χ4v) is 1.33. The summed E-state index contributed by atoms with van der Waals surface area (Å²) in [4.78, 5) is 11.1. The third-order valence-corrected chi connectivity index (χ3v) is 2.17. The van der Waals surface area contributed by atoms with Crippen LogP contribution in [0.2, 0.25) is 0 Å². The second-order valence-electron chi connectivity index (χ2n) is 3.69. The zero-order chi connectivity index (χ0) is 13.8. The maximum Gasteiger partial charge on any atom is 0.405 e. The SMILES string of the molecule is CC(NC(=O)NCC(F)(F)F)c1ccccc1F. The molecule has 3 nitrogen and oxygen atoms in total. The first kappa shape index (κ1) is 14.3. The maximum atomic E-state index is 13.3. The van der Waals surface area contributed by atoms with Crippen LogP contribution in [0, 0.1) is 5.82 Å². The second kappa shape index (κ2) is 5.70. The van der Waals surface area contributed by atoms with Crippen molar-refractivity contribution in [2.24, 2.45) is 0 Å². The number of nitrogens with one attached hydrogen (secondary N) is 2. The summed E-state index contributed by atoms with van der Waals surface area (Å²) in [6.45, 7) is 0.0500. The molecule has 18 heavy (non-hydrogen) atoms. The number of urea groups is 1. The summed E-state index contributed by atoms with van der Waals surface area (Å²) in [6, 6.07) is 3.99. The molecule has 2 N–H and O–H groups in total. The van der Waals surface area contributed by atoms with Crippen molar-refractivity contribution in [1.29, 1.82) is 0 Å². The van der Waals surface area contributed by atoms with Gasteiger partial charge in [-0.15, -0.1) is 0 Å². The van der Waals surface area contributed by atoms with Crippen molar-refractivity contribution in [3.05, 3.63) is 35.6 Å². The smallest absolute Gasteiger partial charge is 0.332 e. The van der Waals surface area contributed by atoms with Crippen LogP contribution in [0.1, 0.15) is 18.5 Å². The fourth-order valence-electron chi connectivity index (χ4n) is 1.33.